The number of fused-ring (bicyclic) bond motifs is 1. The molecule has 1 N–H and O–H groups in total. The fourth-order valence-electron chi connectivity index (χ4n) is 1.27. The molecule has 1 aliphatic rings. The quantitative estimate of drug-likeness (QED) is 0.829. The first-order valence-corrected chi connectivity index (χ1v) is 8.33. The summed E-state index contributed by atoms with van der Waals surface area (Å²) in [7, 11) is 0. The van der Waals surface area contributed by atoms with E-state index in [0.717, 1.165) is 10.6 Å². The molecular weight excluding hydrogens is 251 g/mol. The van der Waals surface area contributed by atoms with E-state index in [9.17, 15) is 5.11 Å². The summed E-state index contributed by atoms with van der Waals surface area (Å²) in [5.41, 5.74) is 0.659. The van der Waals surface area contributed by atoms with Crippen LogP contribution >= 0.6 is 18.3 Å². The summed E-state index contributed by atoms with van der Waals surface area (Å²) in [5.74, 6) is 0.970. The van der Waals surface area contributed by atoms with Gasteiger partial charge in [0, 0.05) is 0 Å². The third-order valence-electron chi connectivity index (χ3n) is 1.87. The van der Waals surface area contributed by atoms with Gasteiger partial charge in [-0.15, -0.1) is 11.8 Å². The van der Waals surface area contributed by atoms with Crippen molar-refractivity contribution >= 4 is 30.1 Å². The molecule has 0 spiro atoms. The largest absolute Gasteiger partial charge is 0.508 e. The van der Waals surface area contributed by atoms with Crippen LogP contribution in [0.4, 0.5) is 0 Å². The van der Waals surface area contributed by atoms with Gasteiger partial charge in [0.2, 0.25) is 6.49 Å². The van der Waals surface area contributed by atoms with Gasteiger partial charge in [-0.05, 0) is 36.9 Å². The number of rotatable bonds is 2. The average molecular weight is 262 g/mol. The molecule has 1 aromatic carbocycles. The Morgan fingerprint density at radius 1 is 1.67 bits per heavy atom. The van der Waals surface area contributed by atoms with Gasteiger partial charge in [0.05, 0.1) is 17.0 Å². The van der Waals surface area contributed by atoms with Crippen molar-refractivity contribution in [3.63, 3.8) is 0 Å². The molecular formula is C9H11O3PS2. The smallest absolute Gasteiger partial charge is 0.248 e. The highest BCUT2D eigenvalue weighted by atomic mass is 32.5. The maximum absolute atomic E-state index is 9.30. The van der Waals surface area contributed by atoms with Crippen molar-refractivity contribution in [3.8, 4) is 11.5 Å². The van der Waals surface area contributed by atoms with Crippen LogP contribution in [0.2, 0.25) is 0 Å². The number of aromatic hydroxyl groups is 1. The lowest BCUT2D eigenvalue weighted by atomic mass is 10.3. The monoisotopic (exact) mass is 262 g/mol. The summed E-state index contributed by atoms with van der Waals surface area (Å²) in [6.07, 6.45) is 0. The summed E-state index contributed by atoms with van der Waals surface area (Å²) >= 11 is 6.93. The Hall–Kier alpha value is -0.220. The van der Waals surface area contributed by atoms with Crippen LogP contribution in [-0.4, -0.2) is 17.2 Å². The van der Waals surface area contributed by atoms with Crippen molar-refractivity contribution in [1.29, 1.82) is 0 Å². The van der Waals surface area contributed by atoms with Gasteiger partial charge in [0.25, 0.3) is 0 Å². The van der Waals surface area contributed by atoms with Crippen LogP contribution in [0.5, 0.6) is 11.5 Å². The minimum atomic E-state index is -2.15. The minimum Gasteiger partial charge on any atom is -0.508 e. The number of hydrogen-bond donors (Lipinski definition) is 1. The SMILES string of the molecule is CCOP1(=S)CSc2cc(O)ccc2O1. The van der Waals surface area contributed by atoms with Crippen molar-refractivity contribution in [3.05, 3.63) is 18.2 Å². The normalized spacial score (nSPS) is 24.3. The van der Waals surface area contributed by atoms with E-state index >= 15 is 0 Å². The van der Waals surface area contributed by atoms with E-state index in [-0.39, 0.29) is 5.75 Å². The Morgan fingerprint density at radius 2 is 2.47 bits per heavy atom. The van der Waals surface area contributed by atoms with Crippen LogP contribution < -0.4 is 4.52 Å². The second-order valence-corrected chi connectivity index (χ2v) is 8.12. The summed E-state index contributed by atoms with van der Waals surface area (Å²) < 4.78 is 11.2. The average Bonchev–Trinajstić information content (AvgIpc) is 2.19. The summed E-state index contributed by atoms with van der Waals surface area (Å²) in [4.78, 5) is 0.926. The molecule has 15 heavy (non-hydrogen) atoms. The summed E-state index contributed by atoms with van der Waals surface area (Å²) in [6, 6.07) is 5.01. The molecule has 1 atom stereocenters. The number of phenolic OH excluding ortho intramolecular Hbond substituents is 1. The van der Waals surface area contributed by atoms with E-state index < -0.39 is 6.49 Å². The standard InChI is InChI=1S/C9H11O3PS2/c1-2-11-13(14)6-15-9-5-7(10)3-4-8(9)12-13/h3-5,10H,2,6H2,1H3. The van der Waals surface area contributed by atoms with Crippen molar-refractivity contribution in [2.75, 3.05) is 12.1 Å². The number of hydrogen-bond acceptors (Lipinski definition) is 5. The predicted octanol–water partition coefficient (Wildman–Crippen LogP) is 3.18. The third kappa shape index (κ3) is 2.48. The van der Waals surface area contributed by atoms with E-state index in [1.54, 1.807) is 30.0 Å². The molecule has 82 valence electrons. The van der Waals surface area contributed by atoms with Crippen LogP contribution in [0.25, 0.3) is 0 Å². The van der Waals surface area contributed by atoms with E-state index in [0.29, 0.717) is 12.1 Å². The Balaban J connectivity index is 2.27. The van der Waals surface area contributed by atoms with Crippen LogP contribution in [0, 0.1) is 0 Å². The molecule has 2 rings (SSSR count). The van der Waals surface area contributed by atoms with Crippen LogP contribution in [0.1, 0.15) is 6.92 Å². The van der Waals surface area contributed by atoms with E-state index in [4.69, 9.17) is 20.9 Å². The second kappa shape index (κ2) is 4.34. The van der Waals surface area contributed by atoms with Crippen LogP contribution in [-0.2, 0) is 16.3 Å². The maximum atomic E-state index is 9.30. The molecule has 0 aromatic heterocycles. The van der Waals surface area contributed by atoms with Crippen molar-refractivity contribution in [2.24, 2.45) is 0 Å². The summed E-state index contributed by atoms with van der Waals surface area (Å²) in [6.45, 7) is 0.340. The van der Waals surface area contributed by atoms with Gasteiger partial charge in [-0.2, -0.15) is 0 Å². The molecule has 1 unspecified atom stereocenters. The molecule has 6 heteroatoms. The zero-order chi connectivity index (χ0) is 10.9. The molecule has 0 saturated carbocycles. The zero-order valence-corrected chi connectivity index (χ0v) is 10.7. The molecule has 0 aliphatic carbocycles. The van der Waals surface area contributed by atoms with Gasteiger partial charge in [0.1, 0.15) is 11.5 Å². The first-order valence-electron chi connectivity index (χ1n) is 4.52. The molecule has 1 aliphatic heterocycles. The highest BCUT2D eigenvalue weighted by Crippen LogP contribution is 2.58. The lowest BCUT2D eigenvalue weighted by molar-refractivity contribution is 0.331. The number of thioether (sulfide) groups is 1. The van der Waals surface area contributed by atoms with E-state index in [1.165, 1.54) is 0 Å². The molecule has 0 amide bonds. The highest BCUT2D eigenvalue weighted by Gasteiger charge is 2.27. The van der Waals surface area contributed by atoms with Gasteiger partial charge < -0.3 is 14.2 Å². The molecule has 0 radical (unpaired) electrons. The highest BCUT2D eigenvalue weighted by molar-refractivity contribution is 8.18. The molecule has 0 saturated heterocycles. The molecule has 0 bridgehead atoms. The lowest BCUT2D eigenvalue weighted by Gasteiger charge is -2.27. The minimum absolute atomic E-state index is 0.247. The molecule has 1 aromatic rings. The molecule has 1 heterocycles. The van der Waals surface area contributed by atoms with Gasteiger partial charge >= 0.3 is 0 Å². The Labute approximate surface area is 98.0 Å². The first-order chi connectivity index (χ1) is 7.13. The second-order valence-electron chi connectivity index (χ2n) is 3.02. The maximum Gasteiger partial charge on any atom is 0.248 e. The van der Waals surface area contributed by atoms with Crippen LogP contribution in [0.3, 0.4) is 0 Å². The van der Waals surface area contributed by atoms with Crippen LogP contribution in [0.15, 0.2) is 23.1 Å². The Bertz CT molecular complexity index is 422. The zero-order valence-electron chi connectivity index (χ0n) is 8.17. The Kier molecular flexibility index (Phi) is 3.26. The van der Waals surface area contributed by atoms with Gasteiger partial charge in [-0.3, -0.25) is 0 Å². The van der Waals surface area contributed by atoms with Crippen molar-refractivity contribution < 1.29 is 14.2 Å². The third-order valence-corrected chi connectivity index (χ3v) is 6.90. The number of phenols is 1. The Morgan fingerprint density at radius 3 is 3.20 bits per heavy atom. The molecule has 0 fully saturated rings. The fourth-order valence-corrected chi connectivity index (χ4v) is 5.42. The van der Waals surface area contributed by atoms with E-state index in [2.05, 4.69) is 0 Å². The van der Waals surface area contributed by atoms with E-state index in [1.807, 2.05) is 6.92 Å². The first kappa shape index (κ1) is 11.3. The summed E-state index contributed by atoms with van der Waals surface area (Å²) in [5, 5.41) is 9.30. The van der Waals surface area contributed by atoms with Gasteiger partial charge in [-0.1, -0.05) is 0 Å². The fraction of sp³-hybridized carbons (Fsp3) is 0.333. The van der Waals surface area contributed by atoms with Crippen molar-refractivity contribution in [2.45, 2.75) is 11.8 Å². The van der Waals surface area contributed by atoms with Crippen molar-refractivity contribution in [1.82, 2.24) is 0 Å². The predicted molar refractivity (Wildman–Crippen MR) is 65.4 cm³/mol. The van der Waals surface area contributed by atoms with Gasteiger partial charge in [0.15, 0.2) is 0 Å². The molecule has 3 nitrogen and oxygen atoms in total. The lowest BCUT2D eigenvalue weighted by Crippen LogP contribution is -2.05. The van der Waals surface area contributed by atoms with Gasteiger partial charge in [-0.25, -0.2) is 0 Å². The topological polar surface area (TPSA) is 38.7 Å². The number of benzene rings is 1.